The molecule has 218 valence electrons. The van der Waals surface area contributed by atoms with Crippen LogP contribution < -0.4 is 9.47 Å². The average Bonchev–Trinajstić information content (AvgIpc) is 3.47. The van der Waals surface area contributed by atoms with Gasteiger partial charge in [0.15, 0.2) is 0 Å². The highest BCUT2D eigenvalue weighted by atomic mass is 32.2. The van der Waals surface area contributed by atoms with E-state index in [1.807, 2.05) is 0 Å². The summed E-state index contributed by atoms with van der Waals surface area (Å²) in [5.41, 5.74) is -0.995. The van der Waals surface area contributed by atoms with Gasteiger partial charge in [-0.25, -0.2) is 22.2 Å². The van der Waals surface area contributed by atoms with Crippen molar-refractivity contribution in [1.29, 1.82) is 0 Å². The molecular formula is C28H24F5NO6S. The zero-order valence-corrected chi connectivity index (χ0v) is 22.4. The first-order chi connectivity index (χ1) is 19.2. The fraction of sp³-hybridized carbons (Fsp3) is 0.357. The van der Waals surface area contributed by atoms with Crippen molar-refractivity contribution in [2.24, 2.45) is 11.8 Å². The summed E-state index contributed by atoms with van der Waals surface area (Å²) in [5.74, 6) is -3.69. The third-order valence-electron chi connectivity index (χ3n) is 7.29. The molecule has 41 heavy (non-hydrogen) atoms. The molecular weight excluding hydrogens is 573 g/mol. The van der Waals surface area contributed by atoms with Crippen LogP contribution in [0, 0.1) is 23.5 Å². The van der Waals surface area contributed by atoms with E-state index in [1.54, 1.807) is 6.07 Å². The molecule has 0 saturated heterocycles. The van der Waals surface area contributed by atoms with E-state index in [9.17, 15) is 35.9 Å². The smallest absolute Gasteiger partial charge is 0.417 e. The first kappa shape index (κ1) is 28.8. The predicted octanol–water partition coefficient (Wildman–Crippen LogP) is 5.41. The summed E-state index contributed by atoms with van der Waals surface area (Å²) in [7, 11) is -3.21. The fourth-order valence-electron chi connectivity index (χ4n) is 5.34. The Kier molecular flexibility index (Phi) is 7.43. The first-order valence-corrected chi connectivity index (χ1v) is 14.6. The van der Waals surface area contributed by atoms with Crippen LogP contribution in [0.15, 0.2) is 42.6 Å². The van der Waals surface area contributed by atoms with Crippen molar-refractivity contribution in [1.82, 2.24) is 4.98 Å². The molecule has 1 N–H and O–H groups in total. The number of pyridine rings is 1. The molecule has 13 heteroatoms. The third kappa shape index (κ3) is 6.14. The molecule has 1 heterocycles. The molecule has 0 radical (unpaired) electrons. The quantitative estimate of drug-likeness (QED) is 0.246. The second kappa shape index (κ2) is 10.6. The highest BCUT2D eigenvalue weighted by Crippen LogP contribution is 2.61. The minimum absolute atomic E-state index is 0.00558. The maximum Gasteiger partial charge on any atom is 0.417 e. The number of ether oxygens (including phenoxy) is 2. The van der Waals surface area contributed by atoms with E-state index in [4.69, 9.17) is 9.47 Å². The van der Waals surface area contributed by atoms with Gasteiger partial charge in [-0.05, 0) is 59.7 Å². The number of halogens is 5. The Bertz CT molecular complexity index is 1620. The minimum Gasteiger partial charge on any atom is -0.493 e. The van der Waals surface area contributed by atoms with E-state index in [1.165, 1.54) is 12.3 Å². The van der Waals surface area contributed by atoms with Gasteiger partial charge in [0.05, 0.1) is 23.8 Å². The van der Waals surface area contributed by atoms with Crippen molar-refractivity contribution in [2.75, 3.05) is 18.6 Å². The van der Waals surface area contributed by atoms with Crippen molar-refractivity contribution in [3.63, 3.8) is 0 Å². The third-order valence-corrected chi connectivity index (χ3v) is 8.32. The van der Waals surface area contributed by atoms with E-state index in [-0.39, 0.29) is 47.8 Å². The van der Waals surface area contributed by atoms with E-state index in [2.05, 4.69) is 4.98 Å². The molecule has 0 aliphatic heterocycles. The zero-order chi connectivity index (χ0) is 29.7. The Hall–Kier alpha value is -3.74. The van der Waals surface area contributed by atoms with E-state index in [0.717, 1.165) is 35.6 Å². The number of fused-ring (bicyclic) bond motifs is 3. The average molecular weight is 598 g/mol. The van der Waals surface area contributed by atoms with Crippen LogP contribution in [-0.4, -0.2) is 43.1 Å². The van der Waals surface area contributed by atoms with Crippen LogP contribution in [0.1, 0.15) is 34.6 Å². The molecule has 7 nitrogen and oxygen atoms in total. The van der Waals surface area contributed by atoms with E-state index >= 15 is 4.39 Å². The molecule has 2 aliphatic carbocycles. The molecule has 1 aromatic heterocycles. The molecule has 3 aromatic rings. The Balaban J connectivity index is 1.35. The van der Waals surface area contributed by atoms with Crippen LogP contribution in [-0.2, 0) is 33.8 Å². The van der Waals surface area contributed by atoms with Crippen molar-refractivity contribution in [3.8, 4) is 22.8 Å². The van der Waals surface area contributed by atoms with Crippen LogP contribution in [0.25, 0.3) is 11.1 Å². The van der Waals surface area contributed by atoms with Crippen LogP contribution in [0.5, 0.6) is 11.6 Å². The predicted molar refractivity (Wildman–Crippen MR) is 136 cm³/mol. The summed E-state index contributed by atoms with van der Waals surface area (Å²) >= 11 is 0. The summed E-state index contributed by atoms with van der Waals surface area (Å²) in [6.07, 6.45) is -1.74. The number of sulfone groups is 1. The number of aliphatic carboxylic acids is 1. The molecule has 1 fully saturated rings. The van der Waals surface area contributed by atoms with Crippen LogP contribution in [0.3, 0.4) is 0 Å². The van der Waals surface area contributed by atoms with Gasteiger partial charge in [0, 0.05) is 41.6 Å². The lowest BCUT2D eigenvalue weighted by Crippen LogP contribution is -2.11. The molecule has 2 aromatic carbocycles. The van der Waals surface area contributed by atoms with Crippen LogP contribution in [0.4, 0.5) is 22.0 Å². The second-order valence-electron chi connectivity index (χ2n) is 10.2. The first-order valence-electron chi connectivity index (χ1n) is 12.6. The summed E-state index contributed by atoms with van der Waals surface area (Å²) in [5, 5.41) is 9.25. The normalized spacial score (nSPS) is 19.4. The Morgan fingerprint density at radius 2 is 1.83 bits per heavy atom. The molecule has 0 spiro atoms. The fourth-order valence-corrected chi connectivity index (χ4v) is 5.98. The SMILES string of the molecule is CS(=O)(=O)CCCOc1ccc(-c2cc(COc3cc4c(cn3)C3C(C4)C3C(=O)O)c(F)cc2C(F)(F)F)c(F)c1. The van der Waals surface area contributed by atoms with Gasteiger partial charge in [0.1, 0.15) is 33.8 Å². The lowest BCUT2D eigenvalue weighted by Gasteiger charge is -2.17. The molecule has 2 aliphatic rings. The van der Waals surface area contributed by atoms with E-state index < -0.39 is 62.8 Å². The van der Waals surface area contributed by atoms with Gasteiger partial charge >= 0.3 is 12.1 Å². The number of hydrogen-bond acceptors (Lipinski definition) is 6. The van der Waals surface area contributed by atoms with Gasteiger partial charge in [-0.2, -0.15) is 13.2 Å². The Morgan fingerprint density at radius 3 is 2.49 bits per heavy atom. The summed E-state index contributed by atoms with van der Waals surface area (Å²) in [6.45, 7) is -0.535. The molecule has 5 rings (SSSR count). The van der Waals surface area contributed by atoms with Gasteiger partial charge in [-0.1, -0.05) is 0 Å². The molecule has 3 atom stereocenters. The van der Waals surface area contributed by atoms with Crippen LogP contribution >= 0.6 is 0 Å². The Labute approximate surface area is 231 Å². The molecule has 0 amide bonds. The highest BCUT2D eigenvalue weighted by molar-refractivity contribution is 7.90. The number of nitrogens with zero attached hydrogens (tertiary/aromatic N) is 1. The Morgan fingerprint density at radius 1 is 1.07 bits per heavy atom. The zero-order valence-electron chi connectivity index (χ0n) is 21.5. The maximum absolute atomic E-state index is 15.0. The topological polar surface area (TPSA) is 103 Å². The number of rotatable bonds is 10. The largest absolute Gasteiger partial charge is 0.493 e. The number of alkyl halides is 3. The van der Waals surface area contributed by atoms with Crippen molar-refractivity contribution in [2.45, 2.75) is 31.5 Å². The van der Waals surface area contributed by atoms with Gasteiger partial charge in [0.25, 0.3) is 0 Å². The molecule has 3 unspecified atom stereocenters. The number of carbonyl (C=O) groups is 1. The molecule has 0 bridgehead atoms. The lowest BCUT2D eigenvalue weighted by molar-refractivity contribution is -0.139. The molecule has 1 saturated carbocycles. The number of carboxylic acid groups (broad SMARTS) is 1. The number of aromatic nitrogens is 1. The highest BCUT2D eigenvalue weighted by Gasteiger charge is 2.60. The standard InChI is InChI=1S/C28H24F5NO6S/c1-41(37,38)6-2-5-39-16-3-4-17(23(30)10-16)18-8-15(22(29)11-21(18)28(31,32)33)13-40-24-9-14-7-19-25(20(14)12-34-24)26(19)27(35)36/h3-4,8-12,19,25-26H,2,5-7,13H2,1H3,(H,35,36). The second-order valence-corrected chi connectivity index (χ2v) is 12.5. The van der Waals surface area contributed by atoms with Gasteiger partial charge in [-0.3, -0.25) is 4.79 Å². The van der Waals surface area contributed by atoms with E-state index in [0.29, 0.717) is 12.5 Å². The number of benzene rings is 2. The monoisotopic (exact) mass is 597 g/mol. The lowest BCUT2D eigenvalue weighted by atomic mass is 9.96. The summed E-state index contributed by atoms with van der Waals surface area (Å²) < 4.78 is 105. The summed E-state index contributed by atoms with van der Waals surface area (Å²) in [4.78, 5) is 15.4. The summed E-state index contributed by atoms with van der Waals surface area (Å²) in [6, 6.07) is 5.97. The van der Waals surface area contributed by atoms with Crippen molar-refractivity contribution < 1.29 is 49.7 Å². The number of hydrogen-bond donors (Lipinski definition) is 1. The van der Waals surface area contributed by atoms with Crippen LogP contribution in [0.2, 0.25) is 0 Å². The van der Waals surface area contributed by atoms with Gasteiger partial charge in [0.2, 0.25) is 5.88 Å². The van der Waals surface area contributed by atoms with Crippen molar-refractivity contribution in [3.05, 3.63) is 76.5 Å². The van der Waals surface area contributed by atoms with Gasteiger partial charge in [-0.15, -0.1) is 0 Å². The maximum atomic E-state index is 15.0. The van der Waals surface area contributed by atoms with Gasteiger partial charge < -0.3 is 14.6 Å². The number of carboxylic acids is 1. The van der Waals surface area contributed by atoms with Crippen molar-refractivity contribution >= 4 is 15.8 Å². The minimum atomic E-state index is -4.99.